The average Bonchev–Trinajstić information content (AvgIpc) is 3.26. The molecule has 0 aliphatic rings. The van der Waals surface area contributed by atoms with Crippen LogP contribution in [0.3, 0.4) is 0 Å². The van der Waals surface area contributed by atoms with Gasteiger partial charge in [0, 0.05) is 27.2 Å². The summed E-state index contributed by atoms with van der Waals surface area (Å²) in [6.45, 7) is 0.398. The van der Waals surface area contributed by atoms with Crippen molar-refractivity contribution in [1.82, 2.24) is 15.1 Å². The zero-order chi connectivity index (χ0) is 23.4. The molecule has 0 unspecified atom stereocenters. The Morgan fingerprint density at radius 2 is 1.76 bits per heavy atom. The quantitative estimate of drug-likeness (QED) is 0.316. The van der Waals surface area contributed by atoms with Crippen LogP contribution in [0, 0.1) is 0 Å². The minimum Gasteiger partial charge on any atom is -0.497 e. The number of benzene rings is 3. The number of amides is 1. The van der Waals surface area contributed by atoms with Gasteiger partial charge in [0.1, 0.15) is 11.4 Å². The first-order valence-corrected chi connectivity index (χ1v) is 11.3. The van der Waals surface area contributed by atoms with Crippen LogP contribution in [-0.2, 0) is 6.42 Å². The standard InChI is InChI=1S/C25H20Cl3N3O2/c1-33-21-7-2-4-17(12-21)23-15-24(31(30-23)20-6-3-5-18(26)13-20)25(32)29-11-10-16-8-9-19(27)14-22(16)28/h2-9,12-15H,10-11H2,1H3,(H,29,32). The molecular formula is C25H20Cl3N3O2. The van der Waals surface area contributed by atoms with E-state index in [0.29, 0.717) is 50.9 Å². The zero-order valence-corrected chi connectivity index (χ0v) is 20.0. The maximum absolute atomic E-state index is 13.1. The van der Waals surface area contributed by atoms with E-state index in [9.17, 15) is 4.79 Å². The molecule has 0 atom stereocenters. The van der Waals surface area contributed by atoms with Gasteiger partial charge in [-0.3, -0.25) is 4.79 Å². The first-order chi connectivity index (χ1) is 15.9. The van der Waals surface area contributed by atoms with E-state index in [2.05, 4.69) is 10.4 Å². The molecule has 1 heterocycles. The summed E-state index contributed by atoms with van der Waals surface area (Å²) in [4.78, 5) is 13.1. The van der Waals surface area contributed by atoms with Crippen LogP contribution in [0.25, 0.3) is 16.9 Å². The first kappa shape index (κ1) is 23.2. The summed E-state index contributed by atoms with van der Waals surface area (Å²) < 4.78 is 6.91. The molecular weight excluding hydrogens is 481 g/mol. The van der Waals surface area contributed by atoms with Crippen LogP contribution < -0.4 is 10.1 Å². The van der Waals surface area contributed by atoms with Gasteiger partial charge < -0.3 is 10.1 Å². The number of aromatic nitrogens is 2. The topological polar surface area (TPSA) is 56.1 Å². The number of carbonyl (C=O) groups excluding carboxylic acids is 1. The zero-order valence-electron chi connectivity index (χ0n) is 17.7. The summed E-state index contributed by atoms with van der Waals surface area (Å²) >= 11 is 18.4. The van der Waals surface area contributed by atoms with Crippen LogP contribution in [-0.4, -0.2) is 29.3 Å². The second kappa shape index (κ2) is 10.3. The Bertz CT molecular complexity index is 1300. The number of nitrogens with zero attached hydrogens (tertiary/aromatic N) is 2. The van der Waals surface area contributed by atoms with Gasteiger partial charge in [-0.15, -0.1) is 0 Å². The van der Waals surface area contributed by atoms with Crippen molar-refractivity contribution < 1.29 is 9.53 Å². The lowest BCUT2D eigenvalue weighted by Crippen LogP contribution is -2.27. The molecule has 0 saturated heterocycles. The van der Waals surface area contributed by atoms with Crippen molar-refractivity contribution in [3.05, 3.63) is 99.1 Å². The highest BCUT2D eigenvalue weighted by Gasteiger charge is 2.18. The molecule has 4 rings (SSSR count). The second-order valence-electron chi connectivity index (χ2n) is 7.28. The molecule has 0 bridgehead atoms. The number of methoxy groups -OCH3 is 1. The van der Waals surface area contributed by atoms with Gasteiger partial charge in [-0.05, 0) is 60.5 Å². The Labute approximate surface area is 206 Å². The van der Waals surface area contributed by atoms with E-state index in [-0.39, 0.29) is 5.91 Å². The smallest absolute Gasteiger partial charge is 0.270 e. The molecule has 0 saturated carbocycles. The molecule has 0 aliphatic carbocycles. The number of ether oxygens (including phenoxy) is 1. The molecule has 0 spiro atoms. The van der Waals surface area contributed by atoms with Crippen molar-refractivity contribution in [2.75, 3.05) is 13.7 Å². The number of halogens is 3. The van der Waals surface area contributed by atoms with Crippen molar-refractivity contribution in [1.29, 1.82) is 0 Å². The van der Waals surface area contributed by atoms with E-state index in [0.717, 1.165) is 11.1 Å². The number of hydrogen-bond acceptors (Lipinski definition) is 3. The lowest BCUT2D eigenvalue weighted by molar-refractivity contribution is 0.0946. The Morgan fingerprint density at radius 3 is 2.52 bits per heavy atom. The molecule has 5 nitrogen and oxygen atoms in total. The van der Waals surface area contributed by atoms with Crippen LogP contribution in [0.5, 0.6) is 5.75 Å². The third-order valence-electron chi connectivity index (χ3n) is 5.06. The molecule has 8 heteroatoms. The summed E-state index contributed by atoms with van der Waals surface area (Å²) in [6, 6.07) is 21.8. The fraction of sp³-hybridized carbons (Fsp3) is 0.120. The Hall–Kier alpha value is -2.99. The maximum Gasteiger partial charge on any atom is 0.270 e. The van der Waals surface area contributed by atoms with E-state index >= 15 is 0 Å². The van der Waals surface area contributed by atoms with Crippen LogP contribution in [0.15, 0.2) is 72.8 Å². The van der Waals surface area contributed by atoms with Crippen molar-refractivity contribution in [3.8, 4) is 22.7 Å². The summed E-state index contributed by atoms with van der Waals surface area (Å²) in [7, 11) is 1.61. The molecule has 1 aromatic heterocycles. The molecule has 3 aromatic carbocycles. The van der Waals surface area contributed by atoms with Crippen LogP contribution in [0.2, 0.25) is 15.1 Å². The number of carbonyl (C=O) groups is 1. The van der Waals surface area contributed by atoms with Crippen molar-refractivity contribution in [2.24, 2.45) is 0 Å². The molecule has 0 radical (unpaired) electrons. The predicted molar refractivity (Wildman–Crippen MR) is 133 cm³/mol. The number of nitrogens with one attached hydrogen (secondary N) is 1. The highest BCUT2D eigenvalue weighted by atomic mass is 35.5. The van der Waals surface area contributed by atoms with E-state index in [4.69, 9.17) is 39.5 Å². The summed E-state index contributed by atoms with van der Waals surface area (Å²) in [6.07, 6.45) is 0.565. The maximum atomic E-state index is 13.1. The Morgan fingerprint density at radius 1 is 0.970 bits per heavy atom. The predicted octanol–water partition coefficient (Wildman–Crippen LogP) is 6.48. The van der Waals surface area contributed by atoms with Gasteiger partial charge in [-0.1, -0.05) is 59.1 Å². The minimum atomic E-state index is -0.262. The van der Waals surface area contributed by atoms with Gasteiger partial charge in [0.25, 0.3) is 5.91 Å². The fourth-order valence-corrected chi connectivity index (χ4v) is 4.08. The van der Waals surface area contributed by atoms with Gasteiger partial charge in [0.2, 0.25) is 0 Å². The second-order valence-corrected chi connectivity index (χ2v) is 8.56. The molecule has 0 fully saturated rings. The van der Waals surface area contributed by atoms with E-state index in [1.54, 1.807) is 42.1 Å². The molecule has 0 aliphatic heterocycles. The molecule has 168 valence electrons. The monoisotopic (exact) mass is 499 g/mol. The van der Waals surface area contributed by atoms with Crippen molar-refractivity contribution >= 4 is 40.7 Å². The van der Waals surface area contributed by atoms with Crippen LogP contribution in [0.1, 0.15) is 16.1 Å². The van der Waals surface area contributed by atoms with E-state index in [1.807, 2.05) is 42.5 Å². The summed E-state index contributed by atoms with van der Waals surface area (Å²) in [5.41, 5.74) is 3.44. The molecule has 1 amide bonds. The summed E-state index contributed by atoms with van der Waals surface area (Å²) in [5, 5.41) is 9.33. The summed E-state index contributed by atoms with van der Waals surface area (Å²) in [5.74, 6) is 0.442. The number of rotatable bonds is 7. The van der Waals surface area contributed by atoms with Gasteiger partial charge in [-0.25, -0.2) is 4.68 Å². The lowest BCUT2D eigenvalue weighted by Gasteiger charge is -2.09. The average molecular weight is 501 g/mol. The minimum absolute atomic E-state index is 0.262. The van der Waals surface area contributed by atoms with Crippen LogP contribution in [0.4, 0.5) is 0 Å². The van der Waals surface area contributed by atoms with Crippen molar-refractivity contribution in [2.45, 2.75) is 6.42 Å². The fourth-order valence-electron chi connectivity index (χ4n) is 3.40. The van der Waals surface area contributed by atoms with Gasteiger partial charge in [-0.2, -0.15) is 5.10 Å². The van der Waals surface area contributed by atoms with Gasteiger partial charge in [0.15, 0.2) is 0 Å². The Kier molecular flexibility index (Phi) is 7.23. The third-order valence-corrected chi connectivity index (χ3v) is 5.88. The van der Waals surface area contributed by atoms with E-state index in [1.165, 1.54) is 0 Å². The first-order valence-electron chi connectivity index (χ1n) is 10.2. The third kappa shape index (κ3) is 5.50. The van der Waals surface area contributed by atoms with Gasteiger partial charge in [0.05, 0.1) is 18.5 Å². The SMILES string of the molecule is COc1cccc(-c2cc(C(=O)NCCc3ccc(Cl)cc3Cl)n(-c3cccc(Cl)c3)n2)c1. The highest BCUT2D eigenvalue weighted by Crippen LogP contribution is 2.26. The molecule has 4 aromatic rings. The Balaban J connectivity index is 1.62. The number of hydrogen-bond donors (Lipinski definition) is 1. The normalized spacial score (nSPS) is 10.8. The molecule has 1 N–H and O–H groups in total. The lowest BCUT2D eigenvalue weighted by atomic mass is 10.1. The largest absolute Gasteiger partial charge is 0.497 e. The van der Waals surface area contributed by atoms with E-state index < -0.39 is 0 Å². The molecule has 33 heavy (non-hydrogen) atoms. The highest BCUT2D eigenvalue weighted by molar-refractivity contribution is 6.35. The van der Waals surface area contributed by atoms with Crippen molar-refractivity contribution in [3.63, 3.8) is 0 Å². The van der Waals surface area contributed by atoms with Crippen LogP contribution >= 0.6 is 34.8 Å². The van der Waals surface area contributed by atoms with Gasteiger partial charge >= 0.3 is 0 Å².